The van der Waals surface area contributed by atoms with Crippen molar-refractivity contribution in [2.24, 2.45) is 5.92 Å². The first-order valence-corrected chi connectivity index (χ1v) is 7.45. The minimum absolute atomic E-state index is 0.133. The van der Waals surface area contributed by atoms with Gasteiger partial charge in [-0.25, -0.2) is 4.79 Å². The molecule has 0 atom stereocenters. The van der Waals surface area contributed by atoms with Gasteiger partial charge in [-0.05, 0) is 49.7 Å². The van der Waals surface area contributed by atoms with E-state index in [0.29, 0.717) is 5.92 Å². The summed E-state index contributed by atoms with van der Waals surface area (Å²) in [6.45, 7) is 4.34. The van der Waals surface area contributed by atoms with Gasteiger partial charge in [-0.1, -0.05) is 38.5 Å². The first-order valence-electron chi connectivity index (χ1n) is 7.45. The lowest BCUT2D eigenvalue weighted by Crippen LogP contribution is -2.21. The molecule has 0 heterocycles. The van der Waals surface area contributed by atoms with Crippen molar-refractivity contribution in [3.63, 3.8) is 0 Å². The highest BCUT2D eigenvalue weighted by atomic mass is 16.5. The van der Waals surface area contributed by atoms with Crippen molar-refractivity contribution in [3.05, 3.63) is 35.4 Å². The molecule has 1 aliphatic rings. The van der Waals surface area contributed by atoms with Crippen molar-refractivity contribution in [2.75, 3.05) is 0 Å². The maximum atomic E-state index is 12.3. The number of esters is 1. The van der Waals surface area contributed by atoms with E-state index in [9.17, 15) is 4.79 Å². The van der Waals surface area contributed by atoms with Gasteiger partial charge in [-0.3, -0.25) is 0 Å². The lowest BCUT2D eigenvalue weighted by atomic mass is 9.96. The second kappa shape index (κ2) is 6.74. The van der Waals surface area contributed by atoms with Crippen LogP contribution in [0.15, 0.2) is 24.3 Å². The fraction of sp³-hybridized carbons (Fsp3) is 0.588. The van der Waals surface area contributed by atoms with Crippen LogP contribution in [0.4, 0.5) is 0 Å². The molecule has 0 aliphatic heterocycles. The Morgan fingerprint density at radius 2 is 1.89 bits per heavy atom. The first-order chi connectivity index (χ1) is 9.16. The SMILES string of the molecule is CC(C)Cc1ccccc1C(=O)OC1CCCCC1. The summed E-state index contributed by atoms with van der Waals surface area (Å²) in [5.74, 6) is 0.409. The zero-order chi connectivity index (χ0) is 13.7. The molecule has 2 heteroatoms. The molecular weight excluding hydrogens is 236 g/mol. The molecule has 0 aromatic heterocycles. The zero-order valence-corrected chi connectivity index (χ0v) is 12.0. The van der Waals surface area contributed by atoms with Gasteiger partial charge in [0.25, 0.3) is 0 Å². The Labute approximate surface area is 116 Å². The molecule has 2 nitrogen and oxygen atoms in total. The predicted molar refractivity (Wildman–Crippen MR) is 77.3 cm³/mol. The van der Waals surface area contributed by atoms with E-state index in [1.54, 1.807) is 0 Å². The summed E-state index contributed by atoms with van der Waals surface area (Å²) < 4.78 is 5.66. The Morgan fingerprint density at radius 3 is 2.58 bits per heavy atom. The molecule has 0 bridgehead atoms. The fourth-order valence-corrected chi connectivity index (χ4v) is 2.74. The Balaban J connectivity index is 2.05. The highest BCUT2D eigenvalue weighted by molar-refractivity contribution is 5.91. The van der Waals surface area contributed by atoms with Crippen molar-refractivity contribution in [3.8, 4) is 0 Å². The van der Waals surface area contributed by atoms with Crippen LogP contribution in [0, 0.1) is 5.92 Å². The Hall–Kier alpha value is -1.31. The summed E-state index contributed by atoms with van der Waals surface area (Å²) in [6, 6.07) is 7.84. The van der Waals surface area contributed by atoms with Gasteiger partial charge in [0.15, 0.2) is 0 Å². The molecule has 0 radical (unpaired) electrons. The van der Waals surface area contributed by atoms with Gasteiger partial charge in [0, 0.05) is 0 Å². The van der Waals surface area contributed by atoms with Crippen LogP contribution in [-0.2, 0) is 11.2 Å². The van der Waals surface area contributed by atoms with E-state index in [-0.39, 0.29) is 12.1 Å². The Morgan fingerprint density at radius 1 is 1.21 bits per heavy atom. The van der Waals surface area contributed by atoms with Gasteiger partial charge in [0.2, 0.25) is 0 Å². The summed E-state index contributed by atoms with van der Waals surface area (Å²) >= 11 is 0. The van der Waals surface area contributed by atoms with E-state index in [2.05, 4.69) is 13.8 Å². The fourth-order valence-electron chi connectivity index (χ4n) is 2.74. The van der Waals surface area contributed by atoms with Gasteiger partial charge in [0.05, 0.1) is 5.56 Å². The van der Waals surface area contributed by atoms with Crippen LogP contribution in [0.25, 0.3) is 0 Å². The van der Waals surface area contributed by atoms with Crippen molar-refractivity contribution in [1.82, 2.24) is 0 Å². The number of carbonyl (C=O) groups is 1. The average Bonchev–Trinajstić information content (AvgIpc) is 2.39. The molecule has 0 unspecified atom stereocenters. The predicted octanol–water partition coefficient (Wildman–Crippen LogP) is 4.37. The van der Waals surface area contributed by atoms with Crippen molar-refractivity contribution in [1.29, 1.82) is 0 Å². The highest BCUT2D eigenvalue weighted by Gasteiger charge is 2.20. The van der Waals surface area contributed by atoms with Crippen LogP contribution in [-0.4, -0.2) is 12.1 Å². The van der Waals surface area contributed by atoms with Crippen LogP contribution in [0.3, 0.4) is 0 Å². The molecule has 1 saturated carbocycles. The van der Waals surface area contributed by atoms with Gasteiger partial charge in [-0.2, -0.15) is 0 Å². The molecule has 1 aliphatic carbocycles. The summed E-state index contributed by atoms with van der Waals surface area (Å²) in [7, 11) is 0. The second-order valence-electron chi connectivity index (χ2n) is 5.92. The van der Waals surface area contributed by atoms with Gasteiger partial charge in [0.1, 0.15) is 6.10 Å². The Kier molecular flexibility index (Phi) is 5.00. The van der Waals surface area contributed by atoms with E-state index < -0.39 is 0 Å². The number of benzene rings is 1. The third-order valence-corrected chi connectivity index (χ3v) is 3.69. The molecular formula is C17H24O2. The first kappa shape index (κ1) is 14.1. The number of carbonyl (C=O) groups excluding carboxylic acids is 1. The standard InChI is InChI=1S/C17H24O2/c1-13(2)12-14-8-6-7-11-16(14)17(18)19-15-9-4-3-5-10-15/h6-8,11,13,15H,3-5,9-10,12H2,1-2H3. The maximum absolute atomic E-state index is 12.3. The third-order valence-electron chi connectivity index (χ3n) is 3.69. The summed E-state index contributed by atoms with van der Waals surface area (Å²) in [4.78, 5) is 12.3. The van der Waals surface area contributed by atoms with Crippen molar-refractivity contribution >= 4 is 5.97 Å². The third kappa shape index (κ3) is 4.09. The molecule has 1 aromatic carbocycles. The molecule has 0 saturated heterocycles. The van der Waals surface area contributed by atoms with Gasteiger partial charge >= 0.3 is 5.97 Å². The molecule has 1 fully saturated rings. The van der Waals surface area contributed by atoms with E-state index >= 15 is 0 Å². The highest BCUT2D eigenvalue weighted by Crippen LogP contribution is 2.22. The van der Waals surface area contributed by atoms with E-state index in [0.717, 1.165) is 30.4 Å². The van der Waals surface area contributed by atoms with Crippen LogP contribution < -0.4 is 0 Å². The summed E-state index contributed by atoms with van der Waals surface area (Å²) in [5, 5.41) is 0. The van der Waals surface area contributed by atoms with E-state index in [1.807, 2.05) is 24.3 Å². The lowest BCUT2D eigenvalue weighted by Gasteiger charge is -2.22. The molecule has 0 N–H and O–H groups in total. The smallest absolute Gasteiger partial charge is 0.338 e. The van der Waals surface area contributed by atoms with E-state index in [4.69, 9.17) is 4.74 Å². The summed E-state index contributed by atoms with van der Waals surface area (Å²) in [6.07, 6.45) is 6.76. The van der Waals surface area contributed by atoms with Gasteiger partial charge < -0.3 is 4.74 Å². The Bertz CT molecular complexity index is 417. The molecule has 1 aromatic rings. The molecule has 19 heavy (non-hydrogen) atoms. The minimum Gasteiger partial charge on any atom is -0.459 e. The topological polar surface area (TPSA) is 26.3 Å². The van der Waals surface area contributed by atoms with Gasteiger partial charge in [-0.15, -0.1) is 0 Å². The largest absolute Gasteiger partial charge is 0.459 e. The molecule has 104 valence electrons. The number of hydrogen-bond donors (Lipinski definition) is 0. The van der Waals surface area contributed by atoms with Crippen LogP contribution in [0.1, 0.15) is 61.9 Å². The number of ether oxygens (including phenoxy) is 1. The van der Waals surface area contributed by atoms with E-state index in [1.165, 1.54) is 19.3 Å². The van der Waals surface area contributed by atoms with Crippen LogP contribution >= 0.6 is 0 Å². The maximum Gasteiger partial charge on any atom is 0.338 e. The zero-order valence-electron chi connectivity index (χ0n) is 12.0. The lowest BCUT2D eigenvalue weighted by molar-refractivity contribution is 0.0210. The normalized spacial score (nSPS) is 16.6. The average molecular weight is 260 g/mol. The number of rotatable bonds is 4. The van der Waals surface area contributed by atoms with Crippen LogP contribution in [0.2, 0.25) is 0 Å². The molecule has 2 rings (SSSR count). The van der Waals surface area contributed by atoms with Crippen LogP contribution in [0.5, 0.6) is 0 Å². The molecule has 0 amide bonds. The summed E-state index contributed by atoms with van der Waals surface area (Å²) in [5.41, 5.74) is 1.86. The number of hydrogen-bond acceptors (Lipinski definition) is 2. The quantitative estimate of drug-likeness (QED) is 0.751. The molecule has 0 spiro atoms. The monoisotopic (exact) mass is 260 g/mol. The minimum atomic E-state index is -0.136. The van der Waals surface area contributed by atoms with Crippen molar-refractivity contribution in [2.45, 2.75) is 58.5 Å². The van der Waals surface area contributed by atoms with Crippen molar-refractivity contribution < 1.29 is 9.53 Å². The second-order valence-corrected chi connectivity index (χ2v) is 5.92.